The van der Waals surface area contributed by atoms with Crippen molar-refractivity contribution in [1.82, 2.24) is 4.90 Å². The Morgan fingerprint density at radius 2 is 1.67 bits per heavy atom. The first-order valence-corrected chi connectivity index (χ1v) is 9.73. The van der Waals surface area contributed by atoms with Crippen LogP contribution in [-0.4, -0.2) is 24.1 Å². The van der Waals surface area contributed by atoms with E-state index in [-0.39, 0.29) is 24.4 Å². The molecule has 0 bridgehead atoms. The molecule has 2 aromatic rings. The molecule has 1 aliphatic rings. The summed E-state index contributed by atoms with van der Waals surface area (Å²) in [5.41, 5.74) is 0.133. The molecule has 1 saturated carbocycles. The quantitative estimate of drug-likeness (QED) is 0.668. The first kappa shape index (κ1) is 24.2. The van der Waals surface area contributed by atoms with Gasteiger partial charge in [-0.2, -0.15) is 18.4 Å². The molecule has 0 heterocycles. The van der Waals surface area contributed by atoms with Crippen LogP contribution in [-0.2, 0) is 11.8 Å². The van der Waals surface area contributed by atoms with E-state index in [0.29, 0.717) is 17.5 Å². The molecule has 3 nitrogen and oxygen atoms in total. The molecule has 1 N–H and O–H groups in total. The standard InChI is InChI=1S/C23H25F3N2O.ClH/c1-28(2)21(17-8-6-16(15-27)7-9-17)20-5-3-4-14-22(20,29)18-10-12-19(13-11-18)23(24,25)26;/h6-13,20-21,29H,3-5,14H2,1-2H3;1H. The Kier molecular flexibility index (Phi) is 7.57. The number of nitrogens with zero attached hydrogens (tertiary/aromatic N) is 2. The van der Waals surface area contributed by atoms with Crippen molar-refractivity contribution in [2.24, 2.45) is 5.92 Å². The maximum Gasteiger partial charge on any atom is 0.416 e. The minimum Gasteiger partial charge on any atom is -0.385 e. The molecule has 0 aliphatic heterocycles. The van der Waals surface area contributed by atoms with Gasteiger partial charge < -0.3 is 10.0 Å². The van der Waals surface area contributed by atoms with Crippen molar-refractivity contribution in [2.45, 2.75) is 43.5 Å². The Hall–Kier alpha value is -2.07. The minimum atomic E-state index is -4.40. The Morgan fingerprint density at radius 1 is 1.07 bits per heavy atom. The van der Waals surface area contributed by atoms with E-state index in [9.17, 15) is 18.3 Å². The van der Waals surface area contributed by atoms with Crippen molar-refractivity contribution >= 4 is 12.4 Å². The smallest absolute Gasteiger partial charge is 0.385 e. The first-order valence-electron chi connectivity index (χ1n) is 9.73. The summed E-state index contributed by atoms with van der Waals surface area (Å²) in [6.45, 7) is 0. The average Bonchev–Trinajstić information content (AvgIpc) is 2.69. The lowest BCUT2D eigenvalue weighted by molar-refractivity contribution is -0.137. The third-order valence-electron chi connectivity index (χ3n) is 5.97. The summed E-state index contributed by atoms with van der Waals surface area (Å²) in [6.07, 6.45) is -1.36. The Balaban J connectivity index is 0.00000320. The summed E-state index contributed by atoms with van der Waals surface area (Å²) in [7, 11) is 3.87. The van der Waals surface area contributed by atoms with E-state index in [4.69, 9.17) is 5.26 Å². The predicted molar refractivity (Wildman–Crippen MR) is 112 cm³/mol. The van der Waals surface area contributed by atoms with Crippen molar-refractivity contribution in [2.75, 3.05) is 14.1 Å². The van der Waals surface area contributed by atoms with E-state index in [1.807, 2.05) is 31.1 Å². The maximum atomic E-state index is 13.0. The number of benzene rings is 2. The highest BCUT2D eigenvalue weighted by atomic mass is 35.5. The van der Waals surface area contributed by atoms with Gasteiger partial charge in [0.05, 0.1) is 22.8 Å². The van der Waals surface area contributed by atoms with Crippen molar-refractivity contribution in [1.29, 1.82) is 5.26 Å². The molecule has 3 atom stereocenters. The number of nitriles is 1. The van der Waals surface area contributed by atoms with Crippen molar-refractivity contribution in [3.8, 4) is 6.07 Å². The third kappa shape index (κ3) is 4.80. The largest absolute Gasteiger partial charge is 0.416 e. The van der Waals surface area contributed by atoms with Gasteiger partial charge in [0.15, 0.2) is 0 Å². The number of alkyl halides is 3. The fourth-order valence-corrected chi connectivity index (χ4v) is 4.55. The molecule has 7 heteroatoms. The minimum absolute atomic E-state index is 0. The van der Waals surface area contributed by atoms with Gasteiger partial charge in [0, 0.05) is 12.0 Å². The highest BCUT2D eigenvalue weighted by molar-refractivity contribution is 5.85. The molecular weight excluding hydrogens is 413 g/mol. The van der Waals surface area contributed by atoms with Gasteiger partial charge in [0.1, 0.15) is 0 Å². The molecule has 3 rings (SSSR count). The van der Waals surface area contributed by atoms with Crippen LogP contribution in [0.4, 0.5) is 13.2 Å². The number of hydrogen-bond acceptors (Lipinski definition) is 3. The van der Waals surface area contributed by atoms with Gasteiger partial charge in [-0.05, 0) is 62.3 Å². The zero-order valence-corrected chi connectivity index (χ0v) is 17.8. The van der Waals surface area contributed by atoms with E-state index in [0.717, 1.165) is 37.0 Å². The van der Waals surface area contributed by atoms with Crippen LogP contribution in [0.25, 0.3) is 0 Å². The molecule has 0 spiro atoms. The van der Waals surface area contributed by atoms with E-state index in [1.54, 1.807) is 12.1 Å². The number of aliphatic hydroxyl groups is 1. The Labute approximate surface area is 181 Å². The second kappa shape index (κ2) is 9.38. The normalized spacial score (nSPS) is 22.8. The molecule has 0 aromatic heterocycles. The van der Waals surface area contributed by atoms with Crippen LogP contribution in [0.15, 0.2) is 48.5 Å². The lowest BCUT2D eigenvalue weighted by Gasteiger charge is -2.46. The number of rotatable bonds is 4. The molecule has 1 fully saturated rings. The molecule has 3 unspecified atom stereocenters. The van der Waals surface area contributed by atoms with Gasteiger partial charge in [-0.25, -0.2) is 0 Å². The highest BCUT2D eigenvalue weighted by Gasteiger charge is 2.45. The summed E-state index contributed by atoms with van der Waals surface area (Å²) in [6, 6.07) is 14.2. The highest BCUT2D eigenvalue weighted by Crippen LogP contribution is 2.49. The van der Waals surface area contributed by atoms with E-state index in [2.05, 4.69) is 6.07 Å². The summed E-state index contributed by atoms with van der Waals surface area (Å²) in [5.74, 6) is -0.184. The van der Waals surface area contributed by atoms with Gasteiger partial charge in [-0.15, -0.1) is 12.4 Å². The van der Waals surface area contributed by atoms with Gasteiger partial charge in [-0.1, -0.05) is 37.1 Å². The summed E-state index contributed by atoms with van der Waals surface area (Å²) in [5, 5.41) is 20.8. The monoisotopic (exact) mass is 438 g/mol. The number of halogens is 4. The summed E-state index contributed by atoms with van der Waals surface area (Å²) >= 11 is 0. The van der Waals surface area contributed by atoms with Crippen LogP contribution in [0.3, 0.4) is 0 Å². The van der Waals surface area contributed by atoms with Crippen LogP contribution in [0, 0.1) is 17.2 Å². The first-order chi connectivity index (χ1) is 13.7. The van der Waals surface area contributed by atoms with E-state index >= 15 is 0 Å². The second-order valence-electron chi connectivity index (χ2n) is 7.99. The fourth-order valence-electron chi connectivity index (χ4n) is 4.55. The van der Waals surface area contributed by atoms with Gasteiger partial charge in [0.25, 0.3) is 0 Å². The van der Waals surface area contributed by atoms with Crippen molar-refractivity contribution in [3.63, 3.8) is 0 Å². The van der Waals surface area contributed by atoms with Crippen LogP contribution in [0.1, 0.15) is 54.0 Å². The second-order valence-corrected chi connectivity index (χ2v) is 7.99. The number of hydrogen-bond donors (Lipinski definition) is 1. The summed E-state index contributed by atoms with van der Waals surface area (Å²) in [4.78, 5) is 2.03. The average molecular weight is 439 g/mol. The fraction of sp³-hybridized carbons (Fsp3) is 0.435. The Bertz CT molecular complexity index is 875. The van der Waals surface area contributed by atoms with Crippen LogP contribution in [0.5, 0.6) is 0 Å². The van der Waals surface area contributed by atoms with Crippen LogP contribution >= 0.6 is 12.4 Å². The SMILES string of the molecule is CN(C)C(c1ccc(C#N)cc1)C1CCCCC1(O)c1ccc(C(F)(F)F)cc1.Cl. The van der Waals surface area contributed by atoms with E-state index < -0.39 is 17.3 Å². The van der Waals surface area contributed by atoms with Gasteiger partial charge in [0.2, 0.25) is 0 Å². The third-order valence-corrected chi connectivity index (χ3v) is 5.97. The molecule has 162 valence electrons. The van der Waals surface area contributed by atoms with Crippen LogP contribution < -0.4 is 0 Å². The van der Waals surface area contributed by atoms with Crippen LogP contribution in [0.2, 0.25) is 0 Å². The summed E-state index contributed by atoms with van der Waals surface area (Å²) < 4.78 is 38.9. The van der Waals surface area contributed by atoms with Gasteiger partial charge in [-0.3, -0.25) is 0 Å². The molecule has 0 saturated heterocycles. The molecule has 2 aromatic carbocycles. The predicted octanol–water partition coefficient (Wildman–Crippen LogP) is 5.68. The molecule has 0 amide bonds. The molecule has 0 radical (unpaired) electrons. The molecule has 30 heavy (non-hydrogen) atoms. The topological polar surface area (TPSA) is 47.3 Å². The molecular formula is C23H26ClF3N2O. The molecule has 1 aliphatic carbocycles. The lowest BCUT2D eigenvalue weighted by Crippen LogP contribution is -2.45. The van der Waals surface area contributed by atoms with Crippen molar-refractivity contribution < 1.29 is 18.3 Å². The lowest BCUT2D eigenvalue weighted by atomic mass is 9.67. The van der Waals surface area contributed by atoms with Gasteiger partial charge >= 0.3 is 6.18 Å². The van der Waals surface area contributed by atoms with E-state index in [1.165, 1.54) is 12.1 Å². The zero-order valence-electron chi connectivity index (χ0n) is 17.0. The van der Waals surface area contributed by atoms with Crippen molar-refractivity contribution in [3.05, 3.63) is 70.8 Å². The zero-order chi connectivity index (χ0) is 21.2. The maximum absolute atomic E-state index is 13.0. The Morgan fingerprint density at radius 3 is 2.17 bits per heavy atom.